The summed E-state index contributed by atoms with van der Waals surface area (Å²) < 4.78 is 5.49. The molecule has 0 bridgehead atoms. The number of nitrogens with one attached hydrogen (secondary N) is 1. The van der Waals surface area contributed by atoms with Crippen LogP contribution in [0.15, 0.2) is 66.7 Å². The van der Waals surface area contributed by atoms with Crippen LogP contribution >= 0.6 is 0 Å². The summed E-state index contributed by atoms with van der Waals surface area (Å²) in [6.45, 7) is 0.402. The van der Waals surface area contributed by atoms with Crippen molar-refractivity contribution in [2.45, 2.75) is 12.5 Å². The minimum Gasteiger partial charge on any atom is -0.449 e. The lowest BCUT2D eigenvalue weighted by Crippen LogP contribution is -2.31. The Labute approximate surface area is 169 Å². The van der Waals surface area contributed by atoms with E-state index in [1.807, 2.05) is 24.3 Å². The van der Waals surface area contributed by atoms with Gasteiger partial charge in [0.2, 0.25) is 0 Å². The first kappa shape index (κ1) is 19.0. The number of alkyl carbamates (subject to hydrolysis) is 1. The number of rotatable bonds is 5. The topological polar surface area (TPSA) is 105 Å². The maximum absolute atomic E-state index is 12.2. The molecule has 6 nitrogen and oxygen atoms in total. The molecule has 1 aliphatic rings. The minimum atomic E-state index is -1.62. The number of carbonyl (C=O) groups excluding carboxylic acids is 1. The first-order valence-electron chi connectivity index (χ1n) is 9.37. The van der Waals surface area contributed by atoms with E-state index in [9.17, 15) is 14.8 Å². The van der Waals surface area contributed by atoms with Gasteiger partial charge in [-0.05, 0) is 45.4 Å². The first-order chi connectivity index (χ1) is 14.0. The molecule has 0 saturated carbocycles. The molecule has 0 fully saturated rings. The van der Waals surface area contributed by atoms with Crippen LogP contribution in [0.5, 0.6) is 0 Å². The van der Waals surface area contributed by atoms with Crippen LogP contribution in [0.25, 0.3) is 11.1 Å². The zero-order valence-corrected chi connectivity index (χ0v) is 15.7. The van der Waals surface area contributed by atoms with Gasteiger partial charge in [0.15, 0.2) is 0 Å². The highest BCUT2D eigenvalue weighted by Gasteiger charge is 2.28. The van der Waals surface area contributed by atoms with Crippen LogP contribution in [-0.2, 0) is 11.3 Å². The molecule has 1 aliphatic carbocycles. The van der Waals surface area contributed by atoms with Gasteiger partial charge in [-0.3, -0.25) is 0 Å². The van der Waals surface area contributed by atoms with Gasteiger partial charge in [-0.25, -0.2) is 4.79 Å². The van der Waals surface area contributed by atoms with Crippen LogP contribution in [0.3, 0.4) is 0 Å². The molecule has 0 aromatic heterocycles. The summed E-state index contributed by atoms with van der Waals surface area (Å²) in [6, 6.07) is 21.0. The lowest BCUT2D eigenvalue weighted by atomic mass is 9.79. The molecule has 3 aromatic rings. The van der Waals surface area contributed by atoms with Gasteiger partial charge in [-0.15, -0.1) is 0 Å². The van der Waals surface area contributed by atoms with Crippen LogP contribution in [0.4, 0.5) is 10.5 Å². The van der Waals surface area contributed by atoms with Crippen molar-refractivity contribution >= 4 is 24.4 Å². The van der Waals surface area contributed by atoms with E-state index in [1.165, 1.54) is 17.2 Å². The Morgan fingerprint density at radius 2 is 1.62 bits per heavy atom. The fourth-order valence-electron chi connectivity index (χ4n) is 3.82. The monoisotopic (exact) mass is 388 g/mol. The Morgan fingerprint density at radius 3 is 2.24 bits per heavy atom. The molecule has 3 aromatic carbocycles. The van der Waals surface area contributed by atoms with Gasteiger partial charge >= 0.3 is 13.2 Å². The molecule has 0 aliphatic heterocycles. The van der Waals surface area contributed by atoms with E-state index < -0.39 is 13.2 Å². The minimum absolute atomic E-state index is 0.00309. The summed E-state index contributed by atoms with van der Waals surface area (Å²) in [4.78, 5) is 12.2. The maximum Gasteiger partial charge on any atom is 0.488 e. The quantitative estimate of drug-likeness (QED) is 0.395. The standard InChI is InChI=1S/C22H21BN2O4/c24-16-10-14(9-15(11-16)23(27)28)12-25-22(26)29-13-21-19-7-3-1-5-17(19)18-6-2-4-8-20(18)21/h1-11,21,27-28H,12-13,24H2,(H,25,26). The van der Waals surface area contributed by atoms with Crippen LogP contribution in [0.1, 0.15) is 22.6 Å². The summed E-state index contributed by atoms with van der Waals surface area (Å²) in [6.07, 6.45) is -0.541. The third kappa shape index (κ3) is 3.96. The summed E-state index contributed by atoms with van der Waals surface area (Å²) in [5, 5.41) is 21.3. The number of anilines is 1. The fraction of sp³-hybridized carbons (Fsp3) is 0.136. The van der Waals surface area contributed by atoms with Crippen molar-refractivity contribution in [2.24, 2.45) is 0 Å². The van der Waals surface area contributed by atoms with E-state index in [4.69, 9.17) is 10.5 Å². The molecular weight excluding hydrogens is 367 g/mol. The van der Waals surface area contributed by atoms with Crippen LogP contribution < -0.4 is 16.5 Å². The smallest absolute Gasteiger partial charge is 0.449 e. The average Bonchev–Trinajstić information content (AvgIpc) is 3.04. The Kier molecular flexibility index (Phi) is 5.25. The molecule has 0 spiro atoms. The molecule has 0 radical (unpaired) electrons. The second kappa shape index (κ2) is 7.99. The fourth-order valence-corrected chi connectivity index (χ4v) is 3.82. The van der Waals surface area contributed by atoms with Crippen LogP contribution in [-0.4, -0.2) is 29.9 Å². The maximum atomic E-state index is 12.2. The molecule has 29 heavy (non-hydrogen) atoms. The van der Waals surface area contributed by atoms with Crippen molar-refractivity contribution < 1.29 is 19.6 Å². The molecule has 5 N–H and O–H groups in total. The first-order valence-corrected chi connectivity index (χ1v) is 9.37. The molecule has 4 rings (SSSR count). The van der Waals surface area contributed by atoms with Crippen molar-refractivity contribution in [3.63, 3.8) is 0 Å². The highest BCUT2D eigenvalue weighted by atomic mass is 16.5. The largest absolute Gasteiger partial charge is 0.488 e. The highest BCUT2D eigenvalue weighted by Crippen LogP contribution is 2.44. The molecule has 0 saturated heterocycles. The number of fused-ring (bicyclic) bond motifs is 3. The lowest BCUT2D eigenvalue weighted by molar-refractivity contribution is 0.142. The van der Waals surface area contributed by atoms with E-state index >= 15 is 0 Å². The van der Waals surface area contributed by atoms with Crippen molar-refractivity contribution in [3.05, 3.63) is 83.4 Å². The predicted molar refractivity (Wildman–Crippen MR) is 113 cm³/mol. The molecule has 146 valence electrons. The van der Waals surface area contributed by atoms with Gasteiger partial charge in [0.1, 0.15) is 6.61 Å². The third-order valence-electron chi connectivity index (χ3n) is 5.12. The van der Waals surface area contributed by atoms with Crippen molar-refractivity contribution in [2.75, 3.05) is 12.3 Å². The number of hydrogen-bond donors (Lipinski definition) is 4. The number of nitrogen functional groups attached to an aromatic ring is 1. The van der Waals surface area contributed by atoms with Gasteiger partial charge in [-0.2, -0.15) is 0 Å². The summed E-state index contributed by atoms with van der Waals surface area (Å²) in [7, 11) is -1.62. The molecular formula is C22H21BN2O4. The number of amides is 1. The second-order valence-electron chi connectivity index (χ2n) is 7.06. The van der Waals surface area contributed by atoms with Crippen LogP contribution in [0.2, 0.25) is 0 Å². The van der Waals surface area contributed by atoms with E-state index in [1.54, 1.807) is 12.1 Å². The highest BCUT2D eigenvalue weighted by molar-refractivity contribution is 6.58. The van der Waals surface area contributed by atoms with E-state index in [0.29, 0.717) is 11.3 Å². The molecule has 7 heteroatoms. The Balaban J connectivity index is 1.41. The predicted octanol–water partition coefficient (Wildman–Crippen LogP) is 1.99. The van der Waals surface area contributed by atoms with E-state index in [2.05, 4.69) is 29.6 Å². The SMILES string of the molecule is Nc1cc(CNC(=O)OCC2c3ccccc3-c3ccccc32)cc(B(O)O)c1. The summed E-state index contributed by atoms with van der Waals surface area (Å²) >= 11 is 0. The van der Waals surface area contributed by atoms with Gasteiger partial charge in [0.25, 0.3) is 0 Å². The number of nitrogens with two attached hydrogens (primary N) is 1. The zero-order chi connectivity index (χ0) is 20.4. The average molecular weight is 388 g/mol. The van der Waals surface area contributed by atoms with E-state index in [0.717, 1.165) is 11.1 Å². The van der Waals surface area contributed by atoms with Gasteiger partial charge in [-0.1, -0.05) is 54.6 Å². The Bertz CT molecular complexity index is 1010. The van der Waals surface area contributed by atoms with E-state index in [-0.39, 0.29) is 24.5 Å². The molecule has 0 unspecified atom stereocenters. The summed E-state index contributed by atoms with van der Waals surface area (Å²) in [5.74, 6) is -0.00309. The van der Waals surface area contributed by atoms with Gasteiger partial charge < -0.3 is 25.8 Å². The van der Waals surface area contributed by atoms with Gasteiger partial charge in [0, 0.05) is 18.2 Å². The Hall–Kier alpha value is -3.29. The molecule has 1 amide bonds. The van der Waals surface area contributed by atoms with Crippen LogP contribution in [0, 0.1) is 0 Å². The number of benzene rings is 3. The number of ether oxygens (including phenoxy) is 1. The summed E-state index contributed by atoms with van der Waals surface area (Å²) in [5.41, 5.74) is 11.7. The van der Waals surface area contributed by atoms with Gasteiger partial charge in [0.05, 0.1) is 0 Å². The molecule has 0 heterocycles. The Morgan fingerprint density at radius 1 is 1.00 bits per heavy atom. The zero-order valence-electron chi connectivity index (χ0n) is 15.7. The number of carbonyl (C=O) groups is 1. The van der Waals surface area contributed by atoms with Crippen molar-refractivity contribution in [3.8, 4) is 11.1 Å². The third-order valence-corrected chi connectivity index (χ3v) is 5.12. The number of hydrogen-bond acceptors (Lipinski definition) is 5. The normalized spacial score (nSPS) is 12.2. The van der Waals surface area contributed by atoms with Crippen molar-refractivity contribution in [1.82, 2.24) is 5.32 Å². The molecule has 0 atom stereocenters. The lowest BCUT2D eigenvalue weighted by Gasteiger charge is -2.15. The second-order valence-corrected chi connectivity index (χ2v) is 7.06. The van der Waals surface area contributed by atoms with Crippen molar-refractivity contribution in [1.29, 1.82) is 0 Å².